The minimum Gasteiger partial charge on any atom is -0.370 e. The van der Waals surface area contributed by atoms with Gasteiger partial charge in [0.15, 0.2) is 0 Å². The molecular formula is C29H27F3N6O11S. The zero-order chi connectivity index (χ0) is 38.1. The van der Waals surface area contributed by atoms with Crippen molar-refractivity contribution in [3.63, 3.8) is 0 Å². The van der Waals surface area contributed by atoms with Gasteiger partial charge in [0.2, 0.25) is 17.6 Å². The van der Waals surface area contributed by atoms with E-state index in [1.54, 1.807) is 14.1 Å². The second-order valence-corrected chi connectivity index (χ2v) is 11.1. The van der Waals surface area contributed by atoms with Crippen molar-refractivity contribution in [2.75, 3.05) is 14.1 Å². The molecule has 0 aliphatic rings. The van der Waals surface area contributed by atoms with E-state index in [0.29, 0.717) is 17.0 Å². The van der Waals surface area contributed by atoms with Crippen LogP contribution in [-0.4, -0.2) is 58.8 Å². The topological polar surface area (TPSA) is 232 Å². The van der Waals surface area contributed by atoms with E-state index in [2.05, 4.69) is 21.4 Å². The smallest absolute Gasteiger partial charge is 0.370 e. The van der Waals surface area contributed by atoms with Crippen molar-refractivity contribution in [1.29, 1.82) is 0 Å². The van der Waals surface area contributed by atoms with Gasteiger partial charge in [-0.1, -0.05) is 6.58 Å². The number of benzene rings is 2. The molecule has 0 radical (unpaired) electrons. The van der Waals surface area contributed by atoms with Crippen LogP contribution in [-0.2, 0) is 33.8 Å². The van der Waals surface area contributed by atoms with Crippen LogP contribution in [0.2, 0.25) is 0 Å². The highest BCUT2D eigenvalue weighted by molar-refractivity contribution is 7.88. The average Bonchev–Trinajstić information content (AvgIpc) is 3.06. The van der Waals surface area contributed by atoms with Crippen LogP contribution < -0.4 is 25.9 Å². The molecule has 0 fully saturated rings. The highest BCUT2D eigenvalue weighted by Crippen LogP contribution is 2.28. The molecule has 2 N–H and O–H groups in total. The lowest BCUT2D eigenvalue weighted by Crippen LogP contribution is -2.31. The number of fused-ring (bicyclic) bond motifs is 2. The number of rotatable bonds is 7. The number of hydrogen-bond donors (Lipinski definition) is 2. The summed E-state index contributed by atoms with van der Waals surface area (Å²) in [6.07, 6.45) is 3.85. The van der Waals surface area contributed by atoms with Gasteiger partial charge in [0, 0.05) is 74.9 Å². The van der Waals surface area contributed by atoms with Crippen molar-refractivity contribution in [2.45, 2.75) is 5.51 Å². The molecule has 0 saturated carbocycles. The van der Waals surface area contributed by atoms with Crippen molar-refractivity contribution in [2.24, 2.45) is 14.1 Å². The fraction of sp³-hybridized carbons (Fsp3) is 0.172. The summed E-state index contributed by atoms with van der Waals surface area (Å²) in [5.41, 5.74) is -6.55. The van der Waals surface area contributed by atoms with Crippen molar-refractivity contribution >= 4 is 61.2 Å². The summed E-state index contributed by atoms with van der Waals surface area (Å²) >= 11 is 0. The third-order valence-corrected chi connectivity index (χ3v) is 7.37. The summed E-state index contributed by atoms with van der Waals surface area (Å²) < 4.78 is 65.0. The zero-order valence-electron chi connectivity index (χ0n) is 26.4. The summed E-state index contributed by atoms with van der Waals surface area (Å²) in [5, 5.41) is 26.8. The number of non-ortho nitro benzene ring substituents is 2. The Morgan fingerprint density at radius 2 is 1.30 bits per heavy atom. The van der Waals surface area contributed by atoms with Gasteiger partial charge < -0.3 is 24.0 Å². The molecule has 17 nitrogen and oxygen atoms in total. The van der Waals surface area contributed by atoms with Gasteiger partial charge in [0.1, 0.15) is 0 Å². The Labute approximate surface area is 279 Å². The molecule has 266 valence electrons. The van der Waals surface area contributed by atoms with Crippen LogP contribution in [0.25, 0.3) is 27.9 Å². The van der Waals surface area contributed by atoms with E-state index in [1.807, 2.05) is 0 Å². The SMILES string of the molecule is C=CC(=O)NC.CNC(=O)/C=C/c1cc2cc([N+](=O)[O-])ccc2n(C)c1=O.Cn1c(=O)c(OS(=O)(=O)C(F)(F)F)cc2cc([N+](=O)[O-])ccc21. The van der Waals surface area contributed by atoms with Crippen LogP contribution >= 0.6 is 0 Å². The van der Waals surface area contributed by atoms with Gasteiger partial charge >= 0.3 is 15.6 Å². The molecule has 21 heteroatoms. The van der Waals surface area contributed by atoms with E-state index >= 15 is 0 Å². The number of carbonyl (C=O) groups is 2. The van der Waals surface area contributed by atoms with E-state index in [9.17, 15) is 61.0 Å². The van der Waals surface area contributed by atoms with E-state index in [1.165, 1.54) is 60.2 Å². The van der Waals surface area contributed by atoms with E-state index in [-0.39, 0.29) is 45.2 Å². The first-order chi connectivity index (χ1) is 23.2. The monoisotopic (exact) mass is 724 g/mol. The van der Waals surface area contributed by atoms with Gasteiger partial charge in [-0.15, -0.1) is 0 Å². The normalized spacial score (nSPS) is 11.1. The number of nitro benzene ring substituents is 2. The fourth-order valence-electron chi connectivity index (χ4n) is 3.86. The molecule has 50 heavy (non-hydrogen) atoms. The van der Waals surface area contributed by atoms with E-state index < -0.39 is 36.8 Å². The highest BCUT2D eigenvalue weighted by Gasteiger charge is 2.49. The summed E-state index contributed by atoms with van der Waals surface area (Å²) in [5.74, 6) is -1.59. The average molecular weight is 725 g/mol. The summed E-state index contributed by atoms with van der Waals surface area (Å²) in [6.45, 7) is 3.22. The maximum Gasteiger partial charge on any atom is 0.534 e. The Morgan fingerprint density at radius 3 is 1.70 bits per heavy atom. The number of hydrogen-bond acceptors (Lipinski definition) is 11. The number of carbonyl (C=O) groups excluding carboxylic acids is 2. The summed E-state index contributed by atoms with van der Waals surface area (Å²) in [4.78, 5) is 65.4. The van der Waals surface area contributed by atoms with Gasteiger partial charge in [-0.05, 0) is 36.4 Å². The third kappa shape index (κ3) is 9.59. The lowest BCUT2D eigenvalue weighted by molar-refractivity contribution is -0.384. The maximum absolute atomic E-state index is 12.3. The van der Waals surface area contributed by atoms with Crippen molar-refractivity contribution in [3.8, 4) is 5.75 Å². The number of nitrogens with zero attached hydrogens (tertiary/aromatic N) is 4. The molecule has 2 aromatic carbocycles. The Balaban J connectivity index is 0.000000299. The van der Waals surface area contributed by atoms with Crippen LogP contribution in [0.1, 0.15) is 5.56 Å². The first-order valence-corrected chi connectivity index (χ1v) is 14.9. The van der Waals surface area contributed by atoms with Gasteiger partial charge in [-0.25, -0.2) is 0 Å². The molecule has 0 atom stereocenters. The Morgan fingerprint density at radius 1 is 0.840 bits per heavy atom. The number of alkyl halides is 3. The molecule has 0 saturated heterocycles. The first-order valence-electron chi connectivity index (χ1n) is 13.5. The number of amides is 2. The van der Waals surface area contributed by atoms with E-state index in [0.717, 1.165) is 23.7 Å². The number of likely N-dealkylation sites (N-methyl/N-ethyl adjacent to an activating group) is 2. The predicted molar refractivity (Wildman–Crippen MR) is 175 cm³/mol. The molecule has 0 aliphatic carbocycles. The number of aryl methyl sites for hydroxylation is 2. The quantitative estimate of drug-likeness (QED) is 0.0925. The molecule has 0 bridgehead atoms. The lowest BCUT2D eigenvalue weighted by Gasteiger charge is -2.11. The number of pyridine rings is 2. The highest BCUT2D eigenvalue weighted by atomic mass is 32.2. The van der Waals surface area contributed by atoms with Crippen molar-refractivity contribution in [1.82, 2.24) is 19.8 Å². The molecule has 0 aliphatic heterocycles. The van der Waals surface area contributed by atoms with Gasteiger partial charge in [-0.2, -0.15) is 21.6 Å². The van der Waals surface area contributed by atoms with Crippen molar-refractivity contribution in [3.05, 3.63) is 114 Å². The standard InChI is InChI=1S/C14H13N3O4.C11H7F3N2O6S.C4H7NO/c1-15-13(18)6-3-9-7-10-8-11(17(20)21)4-5-12(10)16(2)14(9)19;1-15-8-3-2-7(16(18)19)4-6(8)5-9(10(15)17)22-23(20,21)11(12,13)14;1-3-4(6)5-2/h3-8H,1-2H3,(H,15,18);2-5H,1H3;3H,1H2,2H3,(H,5,6)/b6-3+;;. The second kappa shape index (κ2) is 16.1. The third-order valence-electron chi connectivity index (χ3n) is 6.41. The van der Waals surface area contributed by atoms with Gasteiger partial charge in [0.25, 0.3) is 22.5 Å². The Bertz CT molecular complexity index is 2260. The minimum absolute atomic E-state index is 0.0336. The van der Waals surface area contributed by atoms with Crippen LogP contribution in [0.4, 0.5) is 24.5 Å². The second-order valence-electron chi connectivity index (χ2n) is 9.59. The van der Waals surface area contributed by atoms with Crippen LogP contribution in [0.15, 0.2) is 76.9 Å². The summed E-state index contributed by atoms with van der Waals surface area (Å²) in [7, 11) is -0.259. The van der Waals surface area contributed by atoms with Gasteiger partial charge in [0.05, 0.1) is 20.9 Å². The largest absolute Gasteiger partial charge is 0.534 e. The van der Waals surface area contributed by atoms with Crippen molar-refractivity contribution < 1.29 is 45.2 Å². The van der Waals surface area contributed by atoms with Crippen LogP contribution in [0.3, 0.4) is 0 Å². The fourth-order valence-corrected chi connectivity index (χ4v) is 4.31. The Kier molecular flexibility index (Phi) is 12.9. The number of aromatic nitrogens is 2. The molecule has 0 unspecified atom stereocenters. The number of nitro groups is 2. The van der Waals surface area contributed by atoms with Crippen LogP contribution in [0.5, 0.6) is 5.75 Å². The minimum atomic E-state index is -6.03. The predicted octanol–water partition coefficient (Wildman–Crippen LogP) is 2.80. The summed E-state index contributed by atoms with van der Waals surface area (Å²) in [6, 6.07) is 9.78. The lowest BCUT2D eigenvalue weighted by atomic mass is 10.1. The molecule has 4 rings (SSSR count). The van der Waals surface area contributed by atoms with E-state index in [4.69, 9.17) is 0 Å². The molecule has 4 aromatic rings. The molecule has 2 heterocycles. The van der Waals surface area contributed by atoms with Gasteiger partial charge in [-0.3, -0.25) is 39.4 Å². The number of halogens is 3. The molecule has 2 amide bonds. The molecule has 0 spiro atoms. The van der Waals surface area contributed by atoms with Crippen LogP contribution in [0, 0.1) is 20.2 Å². The Hall–Kier alpha value is -6.38. The number of nitrogens with one attached hydrogen (secondary N) is 2. The first kappa shape index (κ1) is 39.8. The molecule has 2 aromatic heterocycles. The zero-order valence-corrected chi connectivity index (χ0v) is 27.2. The maximum atomic E-state index is 12.3. The molecular weight excluding hydrogens is 697 g/mol.